The second-order valence-corrected chi connectivity index (χ2v) is 8.18. The molecule has 3 N–H and O–H groups in total. The summed E-state index contributed by atoms with van der Waals surface area (Å²) >= 11 is 3.35. The van der Waals surface area contributed by atoms with Crippen LogP contribution in [0.4, 0.5) is 0 Å². The molecule has 5 nitrogen and oxygen atoms in total. The van der Waals surface area contributed by atoms with E-state index in [0.29, 0.717) is 5.56 Å². The van der Waals surface area contributed by atoms with E-state index in [4.69, 9.17) is 5.41 Å². The summed E-state index contributed by atoms with van der Waals surface area (Å²) in [7, 11) is 0. The molecule has 0 aliphatic carbocycles. The number of carbonyl (C=O) groups is 1. The maximum absolute atomic E-state index is 12.2. The zero-order valence-corrected chi connectivity index (χ0v) is 15.8. The molecule has 0 saturated carbocycles. The van der Waals surface area contributed by atoms with Crippen LogP contribution >= 0.6 is 15.9 Å². The maximum atomic E-state index is 12.2. The number of nitrogens with zero attached hydrogens (tertiary/aromatic N) is 1. The standard InChI is InChI=1S/C17H25BrN4O/c1-16(2)9-6-10-17(3,4)22(16)21-15(19)20-14(23)12-7-5-8-13(18)11-12/h5,7-8,11H,6,9-10H2,1-4H3,(H3,19,20,21,23). The van der Waals surface area contributed by atoms with E-state index >= 15 is 0 Å². The number of carbonyl (C=O) groups excluding carboxylic acids is 1. The minimum absolute atomic E-state index is 0.00183. The first-order valence-electron chi connectivity index (χ1n) is 7.84. The van der Waals surface area contributed by atoms with Crippen LogP contribution in [0, 0.1) is 5.41 Å². The molecule has 1 amide bonds. The topological polar surface area (TPSA) is 68.2 Å². The van der Waals surface area contributed by atoms with Crippen molar-refractivity contribution in [1.29, 1.82) is 5.41 Å². The second kappa shape index (κ2) is 6.61. The third-order valence-corrected chi connectivity index (χ3v) is 4.83. The molecule has 0 aromatic heterocycles. The van der Waals surface area contributed by atoms with Gasteiger partial charge in [0.2, 0.25) is 5.96 Å². The minimum Gasteiger partial charge on any atom is -0.292 e. The molecule has 1 aliphatic heterocycles. The Balaban J connectivity index is 2.05. The Morgan fingerprint density at radius 2 is 1.83 bits per heavy atom. The van der Waals surface area contributed by atoms with Crippen molar-refractivity contribution in [3.8, 4) is 0 Å². The van der Waals surface area contributed by atoms with Gasteiger partial charge in [-0.15, -0.1) is 0 Å². The van der Waals surface area contributed by atoms with Gasteiger partial charge >= 0.3 is 0 Å². The molecule has 1 aromatic carbocycles. The smallest absolute Gasteiger partial charge is 0.258 e. The van der Waals surface area contributed by atoms with Gasteiger partial charge in [-0.3, -0.25) is 20.9 Å². The molecule has 0 atom stereocenters. The van der Waals surface area contributed by atoms with E-state index in [2.05, 4.69) is 59.4 Å². The van der Waals surface area contributed by atoms with Crippen LogP contribution in [0.15, 0.2) is 28.7 Å². The highest BCUT2D eigenvalue weighted by Crippen LogP contribution is 2.36. The summed E-state index contributed by atoms with van der Waals surface area (Å²) in [6.45, 7) is 8.63. The fourth-order valence-electron chi connectivity index (χ4n) is 3.25. The summed E-state index contributed by atoms with van der Waals surface area (Å²) in [6.07, 6.45) is 3.27. The molecule has 2 rings (SSSR count). The number of nitrogens with one attached hydrogen (secondary N) is 3. The van der Waals surface area contributed by atoms with Crippen molar-refractivity contribution in [3.63, 3.8) is 0 Å². The van der Waals surface area contributed by atoms with E-state index in [1.54, 1.807) is 18.2 Å². The fourth-order valence-corrected chi connectivity index (χ4v) is 3.65. The Bertz CT molecular complexity index is 596. The van der Waals surface area contributed by atoms with Crippen molar-refractivity contribution in [2.45, 2.75) is 58.0 Å². The number of benzene rings is 1. The number of hydrazine groups is 1. The van der Waals surface area contributed by atoms with Gasteiger partial charge in [0.25, 0.3) is 5.91 Å². The van der Waals surface area contributed by atoms with Crippen LogP contribution in [0.1, 0.15) is 57.3 Å². The van der Waals surface area contributed by atoms with Crippen molar-refractivity contribution in [1.82, 2.24) is 15.8 Å². The molecule has 1 aliphatic rings. The molecular weight excluding hydrogens is 356 g/mol. The van der Waals surface area contributed by atoms with E-state index in [-0.39, 0.29) is 22.9 Å². The van der Waals surface area contributed by atoms with Crippen LogP contribution in [0.25, 0.3) is 0 Å². The highest BCUT2D eigenvalue weighted by molar-refractivity contribution is 9.10. The molecule has 0 radical (unpaired) electrons. The number of rotatable bonds is 2. The van der Waals surface area contributed by atoms with Crippen LogP contribution in [0.2, 0.25) is 0 Å². The highest BCUT2D eigenvalue weighted by Gasteiger charge is 2.42. The van der Waals surface area contributed by atoms with Gasteiger partial charge in [-0.1, -0.05) is 22.0 Å². The molecule has 1 saturated heterocycles. The highest BCUT2D eigenvalue weighted by atomic mass is 79.9. The SMILES string of the molecule is CC1(C)CCCC(C)(C)N1NC(=N)NC(=O)c1cccc(Br)c1. The third-order valence-electron chi connectivity index (χ3n) is 4.34. The van der Waals surface area contributed by atoms with Gasteiger partial charge < -0.3 is 0 Å². The third kappa shape index (κ3) is 4.32. The van der Waals surface area contributed by atoms with E-state index < -0.39 is 0 Å². The van der Waals surface area contributed by atoms with Gasteiger partial charge in [0, 0.05) is 21.1 Å². The molecule has 126 valence electrons. The lowest BCUT2D eigenvalue weighted by molar-refractivity contribution is -0.0520. The summed E-state index contributed by atoms with van der Waals surface area (Å²) in [4.78, 5) is 12.2. The minimum atomic E-state index is -0.295. The predicted octanol–water partition coefficient (Wildman–Crippen LogP) is 3.66. The number of guanidine groups is 1. The van der Waals surface area contributed by atoms with Gasteiger partial charge in [0.1, 0.15) is 0 Å². The first kappa shape index (κ1) is 17.9. The summed E-state index contributed by atoms with van der Waals surface area (Å²) in [5.74, 6) is -0.297. The number of amides is 1. The second-order valence-electron chi connectivity index (χ2n) is 7.27. The molecule has 0 spiro atoms. The Labute approximate surface area is 146 Å². The van der Waals surface area contributed by atoms with E-state index in [1.165, 1.54) is 0 Å². The molecule has 23 heavy (non-hydrogen) atoms. The average molecular weight is 381 g/mol. The number of halogens is 1. The fraction of sp³-hybridized carbons (Fsp3) is 0.529. The van der Waals surface area contributed by atoms with Gasteiger partial charge in [-0.05, 0) is 65.2 Å². The molecule has 0 bridgehead atoms. The van der Waals surface area contributed by atoms with Crippen LogP contribution in [0.5, 0.6) is 0 Å². The molecule has 1 aromatic rings. The summed E-state index contributed by atoms with van der Waals surface area (Å²) < 4.78 is 0.836. The van der Waals surface area contributed by atoms with Gasteiger partial charge in [-0.2, -0.15) is 0 Å². The normalized spacial score (nSPS) is 19.9. The Morgan fingerprint density at radius 3 is 2.39 bits per heavy atom. The van der Waals surface area contributed by atoms with Crippen molar-refractivity contribution in [2.24, 2.45) is 0 Å². The lowest BCUT2D eigenvalue weighted by Crippen LogP contribution is -2.67. The Morgan fingerprint density at radius 1 is 1.22 bits per heavy atom. The zero-order chi connectivity index (χ0) is 17.3. The molecule has 1 fully saturated rings. The lowest BCUT2D eigenvalue weighted by Gasteiger charge is -2.52. The Hall–Kier alpha value is -1.40. The summed E-state index contributed by atoms with van der Waals surface area (Å²) in [6, 6.07) is 7.12. The van der Waals surface area contributed by atoms with Crippen molar-refractivity contribution in [2.75, 3.05) is 0 Å². The lowest BCUT2D eigenvalue weighted by atomic mass is 9.82. The quantitative estimate of drug-likeness (QED) is 0.541. The average Bonchev–Trinajstić information content (AvgIpc) is 2.42. The van der Waals surface area contributed by atoms with Crippen LogP contribution in [-0.2, 0) is 0 Å². The largest absolute Gasteiger partial charge is 0.292 e. The first-order valence-corrected chi connectivity index (χ1v) is 8.64. The number of piperidine rings is 1. The maximum Gasteiger partial charge on any atom is 0.258 e. The van der Waals surface area contributed by atoms with Gasteiger partial charge in [0.15, 0.2) is 0 Å². The van der Waals surface area contributed by atoms with Gasteiger partial charge in [-0.25, -0.2) is 5.01 Å². The summed E-state index contributed by atoms with van der Waals surface area (Å²) in [5, 5.41) is 12.8. The van der Waals surface area contributed by atoms with Gasteiger partial charge in [0.05, 0.1) is 0 Å². The van der Waals surface area contributed by atoms with Crippen molar-refractivity contribution < 1.29 is 4.79 Å². The van der Waals surface area contributed by atoms with Crippen LogP contribution in [-0.4, -0.2) is 28.0 Å². The summed E-state index contributed by atoms with van der Waals surface area (Å²) in [5.41, 5.74) is 3.45. The predicted molar refractivity (Wildman–Crippen MR) is 96.3 cm³/mol. The van der Waals surface area contributed by atoms with Crippen LogP contribution in [0.3, 0.4) is 0 Å². The van der Waals surface area contributed by atoms with E-state index in [9.17, 15) is 4.79 Å². The number of hydrogen-bond donors (Lipinski definition) is 3. The Kier molecular flexibility index (Phi) is 5.16. The van der Waals surface area contributed by atoms with Crippen molar-refractivity contribution in [3.05, 3.63) is 34.3 Å². The van der Waals surface area contributed by atoms with E-state index in [0.717, 1.165) is 23.7 Å². The number of hydrogen-bond acceptors (Lipinski definition) is 3. The zero-order valence-electron chi connectivity index (χ0n) is 14.2. The van der Waals surface area contributed by atoms with E-state index in [1.807, 2.05) is 6.07 Å². The molecular formula is C17H25BrN4O. The van der Waals surface area contributed by atoms with Crippen molar-refractivity contribution >= 4 is 27.8 Å². The molecule has 0 unspecified atom stereocenters. The first-order chi connectivity index (χ1) is 10.6. The monoisotopic (exact) mass is 380 g/mol. The molecule has 6 heteroatoms. The van der Waals surface area contributed by atoms with Crippen LogP contribution < -0.4 is 10.7 Å². The molecule has 1 heterocycles.